The van der Waals surface area contributed by atoms with Crippen LogP contribution in [0.2, 0.25) is 0 Å². The van der Waals surface area contributed by atoms with Crippen LogP contribution in [0.15, 0.2) is 5.16 Å². The van der Waals surface area contributed by atoms with Crippen LogP contribution in [0.5, 0.6) is 0 Å². The number of esters is 1. The lowest BCUT2D eigenvalue weighted by Crippen LogP contribution is -2.17. The van der Waals surface area contributed by atoms with Gasteiger partial charge in [-0.1, -0.05) is 37.4 Å². The predicted octanol–water partition coefficient (Wildman–Crippen LogP) is 5.19. The molecule has 0 saturated heterocycles. The number of carbonyl (C=O) groups excluding carboxylic acids is 2. The number of aromatic nitrogens is 3. The van der Waals surface area contributed by atoms with Crippen molar-refractivity contribution in [3.8, 4) is 0 Å². The second-order valence-corrected chi connectivity index (χ2v) is 10.6. The van der Waals surface area contributed by atoms with Gasteiger partial charge in [-0.15, -0.1) is 21.5 Å². The molecular weight excluding hydrogens is 444 g/mol. The van der Waals surface area contributed by atoms with Crippen LogP contribution in [-0.4, -0.2) is 39.5 Å². The van der Waals surface area contributed by atoms with Gasteiger partial charge >= 0.3 is 5.97 Å². The number of hydrogen-bond donors (Lipinski definition) is 1. The highest BCUT2D eigenvalue weighted by Gasteiger charge is 2.27. The van der Waals surface area contributed by atoms with E-state index in [-0.39, 0.29) is 17.6 Å². The Morgan fingerprint density at radius 1 is 1.12 bits per heavy atom. The molecule has 4 rings (SSSR count). The molecule has 0 radical (unpaired) electrons. The summed E-state index contributed by atoms with van der Waals surface area (Å²) in [6, 6.07) is 0. The van der Waals surface area contributed by atoms with E-state index >= 15 is 0 Å². The molecule has 1 N–H and O–H groups in total. The molecule has 2 aliphatic rings. The number of ether oxygens (including phenoxy) is 1. The first-order valence-corrected chi connectivity index (χ1v) is 13.5. The average Bonchev–Trinajstić information content (AvgIpc) is 3.50. The molecule has 1 fully saturated rings. The molecule has 2 heterocycles. The molecule has 9 heteroatoms. The van der Waals surface area contributed by atoms with Crippen LogP contribution in [-0.2, 0) is 28.9 Å². The van der Waals surface area contributed by atoms with Gasteiger partial charge in [-0.05, 0) is 51.0 Å². The van der Waals surface area contributed by atoms with E-state index in [1.807, 2.05) is 0 Å². The Hall–Kier alpha value is -1.87. The van der Waals surface area contributed by atoms with Crippen molar-refractivity contribution >= 4 is 40.0 Å². The van der Waals surface area contributed by atoms with E-state index in [1.165, 1.54) is 73.6 Å². The monoisotopic (exact) mass is 476 g/mol. The van der Waals surface area contributed by atoms with E-state index < -0.39 is 0 Å². The Labute approximate surface area is 197 Å². The number of aryl methyl sites for hydroxylation is 1. The van der Waals surface area contributed by atoms with E-state index in [0.717, 1.165) is 48.8 Å². The summed E-state index contributed by atoms with van der Waals surface area (Å²) in [6.45, 7) is 2.89. The van der Waals surface area contributed by atoms with Crippen molar-refractivity contribution < 1.29 is 14.3 Å². The number of nitrogens with zero attached hydrogens (tertiary/aromatic N) is 3. The van der Waals surface area contributed by atoms with Gasteiger partial charge in [-0.2, -0.15) is 0 Å². The zero-order valence-electron chi connectivity index (χ0n) is 18.9. The fourth-order valence-corrected chi connectivity index (χ4v) is 6.91. The lowest BCUT2D eigenvalue weighted by atomic mass is 9.96. The van der Waals surface area contributed by atoms with Gasteiger partial charge in [0.1, 0.15) is 10.8 Å². The number of hydrogen-bond acceptors (Lipinski definition) is 7. The van der Waals surface area contributed by atoms with Crippen LogP contribution in [0, 0.1) is 0 Å². The summed E-state index contributed by atoms with van der Waals surface area (Å²) in [4.78, 5) is 26.6. The van der Waals surface area contributed by atoms with Crippen molar-refractivity contribution in [2.75, 3.05) is 18.2 Å². The van der Waals surface area contributed by atoms with Crippen LogP contribution >= 0.6 is 23.1 Å². The summed E-state index contributed by atoms with van der Waals surface area (Å²) in [5.74, 6) is 1.27. The molecule has 0 aromatic carbocycles. The summed E-state index contributed by atoms with van der Waals surface area (Å²) >= 11 is 2.94. The number of nitrogens with one attached hydrogen (secondary N) is 1. The third kappa shape index (κ3) is 5.03. The second kappa shape index (κ2) is 10.8. The molecule has 0 bridgehead atoms. The Morgan fingerprint density at radius 3 is 2.59 bits per heavy atom. The molecular formula is C23H32N4O3S2. The molecule has 2 aromatic heterocycles. The Balaban J connectivity index is 1.46. The smallest absolute Gasteiger partial charge is 0.341 e. The SMILES string of the molecule is CCn1c(SCC(=O)Nc2sc3c(c2C(=O)OC)CCCCCC3)nnc1C1CCCC1. The standard InChI is InChI=1S/C23H32N4O3S2/c1-3-27-20(15-10-8-9-11-15)25-26-23(27)31-14-18(28)24-21-19(22(29)30-2)16-12-6-4-5-7-13-17(16)32-21/h15H,3-14H2,1-2H3,(H,24,28). The molecule has 174 valence electrons. The maximum Gasteiger partial charge on any atom is 0.341 e. The minimum atomic E-state index is -0.363. The minimum absolute atomic E-state index is 0.137. The highest BCUT2D eigenvalue weighted by atomic mass is 32.2. The lowest BCUT2D eigenvalue weighted by molar-refractivity contribution is -0.113. The largest absolute Gasteiger partial charge is 0.465 e. The Morgan fingerprint density at radius 2 is 1.88 bits per heavy atom. The summed E-state index contributed by atoms with van der Waals surface area (Å²) in [7, 11) is 1.40. The molecule has 2 aliphatic carbocycles. The molecule has 0 spiro atoms. The summed E-state index contributed by atoms with van der Waals surface area (Å²) in [5.41, 5.74) is 1.62. The number of amides is 1. The van der Waals surface area contributed by atoms with Crippen molar-refractivity contribution in [2.45, 2.75) is 88.8 Å². The highest BCUT2D eigenvalue weighted by molar-refractivity contribution is 7.99. The quantitative estimate of drug-likeness (QED) is 0.437. The summed E-state index contributed by atoms with van der Waals surface area (Å²) < 4.78 is 7.20. The molecule has 1 saturated carbocycles. The van der Waals surface area contributed by atoms with Crippen LogP contribution < -0.4 is 5.32 Å². The van der Waals surface area contributed by atoms with Gasteiger partial charge in [0.25, 0.3) is 0 Å². The fraction of sp³-hybridized carbons (Fsp3) is 0.652. The Kier molecular flexibility index (Phi) is 7.88. The number of rotatable bonds is 7. The van der Waals surface area contributed by atoms with Crippen molar-refractivity contribution in [2.24, 2.45) is 0 Å². The van der Waals surface area contributed by atoms with Crippen LogP contribution in [0.3, 0.4) is 0 Å². The van der Waals surface area contributed by atoms with Gasteiger partial charge in [0.05, 0.1) is 18.4 Å². The topological polar surface area (TPSA) is 86.1 Å². The zero-order chi connectivity index (χ0) is 22.5. The first-order valence-electron chi connectivity index (χ1n) is 11.7. The first kappa shape index (κ1) is 23.3. The van der Waals surface area contributed by atoms with Gasteiger partial charge in [-0.3, -0.25) is 4.79 Å². The van der Waals surface area contributed by atoms with Crippen molar-refractivity contribution in [3.05, 3.63) is 21.8 Å². The third-order valence-corrected chi connectivity index (χ3v) is 8.60. The molecule has 0 atom stereocenters. The maximum absolute atomic E-state index is 12.8. The van der Waals surface area contributed by atoms with E-state index in [9.17, 15) is 9.59 Å². The van der Waals surface area contributed by atoms with Crippen LogP contribution in [0.1, 0.15) is 90.8 Å². The highest BCUT2D eigenvalue weighted by Crippen LogP contribution is 2.38. The number of carbonyl (C=O) groups is 2. The molecule has 0 unspecified atom stereocenters. The molecule has 1 amide bonds. The molecule has 2 aromatic rings. The van der Waals surface area contributed by atoms with E-state index in [2.05, 4.69) is 27.0 Å². The van der Waals surface area contributed by atoms with Gasteiger partial charge < -0.3 is 14.6 Å². The maximum atomic E-state index is 12.8. The van der Waals surface area contributed by atoms with Gasteiger partial charge in [0, 0.05) is 17.3 Å². The summed E-state index contributed by atoms with van der Waals surface area (Å²) in [5, 5.41) is 13.2. The molecule has 32 heavy (non-hydrogen) atoms. The van der Waals surface area contributed by atoms with E-state index in [4.69, 9.17) is 4.74 Å². The number of methoxy groups -OCH3 is 1. The number of fused-ring (bicyclic) bond motifs is 1. The van der Waals surface area contributed by atoms with Crippen molar-refractivity contribution in [1.29, 1.82) is 0 Å². The fourth-order valence-electron chi connectivity index (χ4n) is 4.81. The normalized spacial score (nSPS) is 16.9. The number of thiophene rings is 1. The van der Waals surface area contributed by atoms with Gasteiger partial charge in [-0.25, -0.2) is 4.79 Å². The second-order valence-electron chi connectivity index (χ2n) is 8.52. The number of thioether (sulfide) groups is 1. The third-order valence-electron chi connectivity index (χ3n) is 6.43. The first-order chi connectivity index (χ1) is 15.6. The van der Waals surface area contributed by atoms with Gasteiger partial charge in [0.15, 0.2) is 5.16 Å². The minimum Gasteiger partial charge on any atom is -0.465 e. The van der Waals surface area contributed by atoms with Crippen molar-refractivity contribution in [3.63, 3.8) is 0 Å². The van der Waals surface area contributed by atoms with Crippen LogP contribution in [0.25, 0.3) is 0 Å². The van der Waals surface area contributed by atoms with Crippen molar-refractivity contribution in [1.82, 2.24) is 14.8 Å². The van der Waals surface area contributed by atoms with E-state index in [0.29, 0.717) is 16.5 Å². The Bertz CT molecular complexity index is 963. The molecule has 0 aliphatic heterocycles. The molecule has 7 nitrogen and oxygen atoms in total. The van der Waals surface area contributed by atoms with E-state index in [1.54, 1.807) is 0 Å². The lowest BCUT2D eigenvalue weighted by Gasteiger charge is -2.12. The van der Waals surface area contributed by atoms with Gasteiger partial charge in [0.2, 0.25) is 5.91 Å². The zero-order valence-corrected chi connectivity index (χ0v) is 20.6. The average molecular weight is 477 g/mol. The number of anilines is 1. The predicted molar refractivity (Wildman–Crippen MR) is 128 cm³/mol. The summed E-state index contributed by atoms with van der Waals surface area (Å²) in [6.07, 6.45) is 11.2. The van der Waals surface area contributed by atoms with Crippen LogP contribution in [0.4, 0.5) is 5.00 Å².